The van der Waals surface area contributed by atoms with E-state index in [0.29, 0.717) is 73.6 Å². The fourth-order valence-electron chi connectivity index (χ4n) is 12.9. The number of carbonyl (C=O) groups is 4. The molecule has 0 atom stereocenters. The van der Waals surface area contributed by atoms with Crippen molar-refractivity contribution in [3.05, 3.63) is 327 Å². The highest BCUT2D eigenvalue weighted by atomic mass is 16.5. The number of fused-ring (bicyclic) bond motifs is 4. The molecule has 9 heterocycles. The lowest BCUT2D eigenvalue weighted by Gasteiger charge is -2.36. The predicted molar refractivity (Wildman–Crippen MR) is 432 cm³/mol. The summed E-state index contributed by atoms with van der Waals surface area (Å²) >= 11 is 0. The van der Waals surface area contributed by atoms with Gasteiger partial charge in [-0.2, -0.15) is 0 Å². The minimum absolute atomic E-state index is 0. The summed E-state index contributed by atoms with van der Waals surface area (Å²) in [6, 6.07) is 64.3. The average Bonchev–Trinajstić information content (AvgIpc) is 1.63. The zero-order chi connectivity index (χ0) is 75.4. The number of anilines is 5. The van der Waals surface area contributed by atoms with Crippen LogP contribution in [0.2, 0.25) is 0 Å². The van der Waals surface area contributed by atoms with Gasteiger partial charge in [0.05, 0.1) is 16.7 Å². The van der Waals surface area contributed by atoms with E-state index in [4.69, 9.17) is 10.3 Å². The molecule has 15 rings (SSSR count). The third kappa shape index (κ3) is 18.0. The van der Waals surface area contributed by atoms with Crippen molar-refractivity contribution in [2.24, 2.45) is 5.11 Å². The number of aryl methyl sites for hydroxylation is 8. The van der Waals surface area contributed by atoms with Crippen LogP contribution >= 0.6 is 0 Å². The maximum atomic E-state index is 12.8. The van der Waals surface area contributed by atoms with Gasteiger partial charge in [-0.25, -0.2) is 19.9 Å². The molecule has 14 aromatic rings. The number of rotatable bonds is 16. The van der Waals surface area contributed by atoms with Gasteiger partial charge in [0.1, 0.15) is 34.1 Å². The van der Waals surface area contributed by atoms with Crippen molar-refractivity contribution in [3.63, 3.8) is 0 Å². The molecule has 0 unspecified atom stereocenters. The van der Waals surface area contributed by atoms with Crippen LogP contribution in [0.15, 0.2) is 243 Å². The van der Waals surface area contributed by atoms with Gasteiger partial charge >= 0.3 is 0 Å². The van der Waals surface area contributed by atoms with Crippen molar-refractivity contribution in [2.75, 3.05) is 53.4 Å². The number of hydrogen-bond donors (Lipinski definition) is 4. The van der Waals surface area contributed by atoms with E-state index in [1.54, 1.807) is 60.7 Å². The lowest BCUT2D eigenvalue weighted by atomic mass is 10.0. The van der Waals surface area contributed by atoms with E-state index in [9.17, 15) is 19.2 Å². The molecule has 0 spiro atoms. The second kappa shape index (κ2) is 34.0. The predicted octanol–water partition coefficient (Wildman–Crippen LogP) is 18.8. The van der Waals surface area contributed by atoms with Gasteiger partial charge in [-0.05, 0) is 233 Å². The summed E-state index contributed by atoms with van der Waals surface area (Å²) in [5.41, 5.74) is 28.5. The van der Waals surface area contributed by atoms with Crippen molar-refractivity contribution in [3.8, 4) is 11.5 Å². The van der Waals surface area contributed by atoms with Crippen LogP contribution < -0.4 is 30.9 Å². The molecule has 1 fully saturated rings. The molecule has 22 heteroatoms. The Hall–Kier alpha value is -13.4. The lowest BCUT2D eigenvalue weighted by molar-refractivity contribution is 0.102. The van der Waals surface area contributed by atoms with E-state index in [1.165, 1.54) is 18.5 Å². The maximum absolute atomic E-state index is 12.8. The third-order valence-electron chi connectivity index (χ3n) is 18.4. The molecule has 0 bridgehead atoms. The SMILES string of the molecule is C.C=C(Nc1ccc(N=[N+]=[N-])cc1)c1ccn2c(C)cc(C)nc12.Cc1cc(C)n2ccc(C(=O)Nc3ccc(C(=O)c4ccccc4)cc3)c2n1.Cc1cc(C)n2ccc(C(=O)Nc3ccc(N4CCC(N(C)C)CC4)cc3)c2n1.Cc1cc(C)n2ccc(C(=O)Nc3ccc(Oc4ccccc4)cc3)c2n1. The van der Waals surface area contributed by atoms with E-state index in [-0.39, 0.29) is 30.9 Å². The van der Waals surface area contributed by atoms with E-state index in [0.717, 1.165) is 92.7 Å². The van der Waals surface area contributed by atoms with E-state index in [1.807, 2.05) is 224 Å². The number of piperidine rings is 1. The summed E-state index contributed by atoms with van der Waals surface area (Å²) in [5, 5.41) is 15.6. The largest absolute Gasteiger partial charge is 0.457 e. The first-order chi connectivity index (χ1) is 51.6. The highest BCUT2D eigenvalue weighted by molar-refractivity contribution is 6.11. The van der Waals surface area contributed by atoms with Gasteiger partial charge in [0.25, 0.3) is 17.7 Å². The summed E-state index contributed by atoms with van der Waals surface area (Å²) in [5.74, 6) is 0.873. The number of aromatic nitrogens is 8. The number of para-hydroxylation sites is 1. The smallest absolute Gasteiger partial charge is 0.259 e. The first kappa shape index (κ1) is 75.7. The summed E-state index contributed by atoms with van der Waals surface area (Å²) in [6.07, 6.45) is 9.95. The molecule has 1 aliphatic rings. The Bertz CT molecular complexity index is 5610. The molecule has 1 aliphatic heterocycles. The summed E-state index contributed by atoms with van der Waals surface area (Å²) in [4.78, 5) is 76.4. The average molecular weight is 1440 g/mol. The van der Waals surface area contributed by atoms with Gasteiger partial charge in [0.15, 0.2) is 5.78 Å². The number of benzene rings is 6. The molecule has 546 valence electrons. The van der Waals surface area contributed by atoms with Gasteiger partial charge in [-0.15, -0.1) is 0 Å². The number of ether oxygens (including phenoxy) is 1. The number of carbonyl (C=O) groups excluding carboxylic acids is 4. The van der Waals surface area contributed by atoms with Crippen molar-refractivity contribution in [2.45, 2.75) is 81.7 Å². The molecule has 1 saturated heterocycles. The highest BCUT2D eigenvalue weighted by Gasteiger charge is 2.23. The molecule has 4 N–H and O–H groups in total. The summed E-state index contributed by atoms with van der Waals surface area (Å²) < 4.78 is 13.6. The molecule has 0 aliphatic carbocycles. The number of nitrogens with one attached hydrogen (secondary N) is 4. The maximum Gasteiger partial charge on any atom is 0.259 e. The molecular formula is C86H87N17O5. The molecule has 3 amide bonds. The molecule has 6 aromatic carbocycles. The summed E-state index contributed by atoms with van der Waals surface area (Å²) in [7, 11) is 4.31. The zero-order valence-corrected chi connectivity index (χ0v) is 61.4. The van der Waals surface area contributed by atoms with Crippen molar-refractivity contribution < 1.29 is 23.9 Å². The van der Waals surface area contributed by atoms with Crippen LogP contribution in [0.5, 0.6) is 11.5 Å². The monoisotopic (exact) mass is 1440 g/mol. The zero-order valence-electron chi connectivity index (χ0n) is 61.4. The van der Waals surface area contributed by atoms with E-state index >= 15 is 0 Å². The molecule has 8 aromatic heterocycles. The number of hydrogen-bond acceptors (Lipinski definition) is 13. The van der Waals surface area contributed by atoms with Gasteiger partial charge in [0.2, 0.25) is 0 Å². The molecular weight excluding hydrogens is 1350 g/mol. The fraction of sp³-hybridized carbons (Fsp3) is 0.186. The first-order valence-electron chi connectivity index (χ1n) is 35.0. The fourth-order valence-corrected chi connectivity index (χ4v) is 12.9. The van der Waals surface area contributed by atoms with Crippen molar-refractivity contribution in [1.29, 1.82) is 0 Å². The van der Waals surface area contributed by atoms with Crippen molar-refractivity contribution in [1.82, 2.24) is 42.4 Å². The van der Waals surface area contributed by atoms with Crippen LogP contribution in [0.4, 0.5) is 34.1 Å². The van der Waals surface area contributed by atoms with E-state index in [2.05, 4.69) is 101 Å². The second-order valence-electron chi connectivity index (χ2n) is 26.5. The Balaban J connectivity index is 0.000000143. The van der Waals surface area contributed by atoms with Crippen LogP contribution in [0, 0.1) is 55.4 Å². The third-order valence-corrected chi connectivity index (χ3v) is 18.4. The highest BCUT2D eigenvalue weighted by Crippen LogP contribution is 2.29. The van der Waals surface area contributed by atoms with Crippen LogP contribution in [0.25, 0.3) is 38.7 Å². The number of nitrogens with zero attached hydrogens (tertiary/aromatic N) is 13. The Morgan fingerprint density at radius 3 is 1.20 bits per heavy atom. The standard InChI is InChI=1S/C23H29N5O.C23H19N3O2.C22H19N3O2.C17H16N6.CH4/c1-16-15-17(2)28-14-11-21(22(28)24-16)23(29)25-18-5-7-20(8-6-18)27-12-9-19(10-13-27)26(3)4;1-15-14-16(2)26-13-12-20(22(26)24-15)23(28)25-19-10-8-18(9-11-19)21(27)17-6-4-3-5-7-17;1-15-14-16(2)25-13-12-20(21(25)23-15)22(26)24-17-8-10-19(11-9-17)27-18-6-4-3-5-7-18;1-11-10-12(2)23-9-8-16(17(23)19-11)13(3)20-14-4-6-15(7-5-14)21-22-18;/h5-8,11,14-15,19H,9-10,12-13H2,1-4H3,(H,25,29);3-14H,1-2H3,(H,25,28);3-14H,1-2H3,(H,24,26);4-10,20H,3H2,1-2H3;1H4. The minimum atomic E-state index is -0.234. The van der Waals surface area contributed by atoms with Crippen molar-refractivity contribution >= 4 is 85.9 Å². The van der Waals surface area contributed by atoms with Gasteiger partial charge in [0, 0.05) is 151 Å². The second-order valence-corrected chi connectivity index (χ2v) is 26.5. The lowest BCUT2D eigenvalue weighted by Crippen LogP contribution is -2.41. The number of amides is 3. The first-order valence-corrected chi connectivity index (χ1v) is 35.0. The van der Waals surface area contributed by atoms with E-state index < -0.39 is 0 Å². The Morgan fingerprint density at radius 1 is 0.454 bits per heavy atom. The Morgan fingerprint density at radius 2 is 0.796 bits per heavy atom. The molecule has 0 saturated carbocycles. The molecule has 0 radical (unpaired) electrons. The van der Waals surface area contributed by atoms with Gasteiger partial charge in [-0.1, -0.05) is 79.8 Å². The van der Waals surface area contributed by atoms with Crippen LogP contribution in [-0.4, -0.2) is 99.2 Å². The quantitative estimate of drug-likeness (QED) is 0.0305. The molecule has 22 nitrogen and oxygen atoms in total. The molecule has 108 heavy (non-hydrogen) atoms. The van der Waals surface area contributed by atoms with Gasteiger partial charge in [-0.3, -0.25) is 19.2 Å². The number of ketones is 1. The van der Waals surface area contributed by atoms with Gasteiger partial charge < -0.3 is 53.4 Å². The Labute approximate surface area is 627 Å². The Kier molecular flexibility index (Phi) is 23.8. The normalized spacial score (nSPS) is 11.8. The summed E-state index contributed by atoms with van der Waals surface area (Å²) in [6.45, 7) is 22.0. The van der Waals surface area contributed by atoms with Crippen LogP contribution in [0.3, 0.4) is 0 Å². The van der Waals surface area contributed by atoms with Crippen LogP contribution in [0.1, 0.15) is 118 Å². The van der Waals surface area contributed by atoms with Crippen LogP contribution in [-0.2, 0) is 0 Å². The minimum Gasteiger partial charge on any atom is -0.457 e. The number of azide groups is 1. The topological polar surface area (TPSA) is 250 Å².